The third-order valence-electron chi connectivity index (χ3n) is 1.95. The van der Waals surface area contributed by atoms with Gasteiger partial charge in [-0.2, -0.15) is 39.5 Å². The van der Waals surface area contributed by atoms with Gasteiger partial charge in [-0.15, -0.1) is 0 Å². The Hall–Kier alpha value is -2.02. The molecule has 0 rings (SSSR count). The van der Waals surface area contributed by atoms with Crippen molar-refractivity contribution in [2.24, 2.45) is 0 Å². The Bertz CT molecular complexity index is 475. The van der Waals surface area contributed by atoms with Crippen molar-refractivity contribution in [3.63, 3.8) is 0 Å². The van der Waals surface area contributed by atoms with Crippen molar-refractivity contribution in [2.45, 2.75) is 18.5 Å². The van der Waals surface area contributed by atoms with E-state index < -0.39 is 60.8 Å². The Morgan fingerprint density at radius 2 is 1.29 bits per heavy atom. The van der Waals surface area contributed by atoms with Crippen molar-refractivity contribution >= 4 is 11.9 Å². The summed E-state index contributed by atoms with van der Waals surface area (Å²) in [6, 6.07) is 0. The SMILES string of the molecule is O=C(OC/C=C(\F)C(F)(F)F)C(=O)N(CC(F)(F)F)CC(F)(F)F. The smallest absolute Gasteiger partial charge is 0.442 e. The van der Waals surface area contributed by atoms with Crippen molar-refractivity contribution in [3.05, 3.63) is 11.9 Å². The van der Waals surface area contributed by atoms with Gasteiger partial charge >= 0.3 is 30.4 Å². The number of ether oxygens (including phenoxy) is 1. The highest BCUT2D eigenvalue weighted by Gasteiger charge is 2.42. The fourth-order valence-electron chi connectivity index (χ4n) is 1.13. The van der Waals surface area contributed by atoms with E-state index in [2.05, 4.69) is 4.74 Å². The Morgan fingerprint density at radius 3 is 1.62 bits per heavy atom. The molecule has 0 spiro atoms. The molecule has 0 aliphatic rings. The first kappa shape index (κ1) is 22.0. The highest BCUT2D eigenvalue weighted by Crippen LogP contribution is 2.26. The molecule has 0 heterocycles. The third-order valence-corrected chi connectivity index (χ3v) is 1.95. The van der Waals surface area contributed by atoms with Crippen LogP contribution in [0.2, 0.25) is 0 Å². The van der Waals surface area contributed by atoms with Crippen LogP contribution in [-0.4, -0.2) is 55.0 Å². The molecule has 4 nitrogen and oxygen atoms in total. The van der Waals surface area contributed by atoms with Gasteiger partial charge in [0.2, 0.25) is 5.83 Å². The summed E-state index contributed by atoms with van der Waals surface area (Å²) in [6.07, 6.45) is -16.4. The average Bonchev–Trinajstić information content (AvgIpc) is 2.32. The van der Waals surface area contributed by atoms with Crippen LogP contribution in [-0.2, 0) is 14.3 Å². The molecule has 0 N–H and O–H groups in total. The number of esters is 1. The van der Waals surface area contributed by atoms with Crippen molar-refractivity contribution in [3.8, 4) is 0 Å². The summed E-state index contributed by atoms with van der Waals surface area (Å²) in [5.41, 5.74) is 0. The van der Waals surface area contributed by atoms with E-state index >= 15 is 0 Å². The van der Waals surface area contributed by atoms with Gasteiger partial charge in [0.25, 0.3) is 0 Å². The van der Waals surface area contributed by atoms with Crippen LogP contribution in [0.15, 0.2) is 11.9 Å². The summed E-state index contributed by atoms with van der Waals surface area (Å²) >= 11 is 0. The molecule has 14 heteroatoms. The normalized spacial score (nSPS) is 13.7. The van der Waals surface area contributed by atoms with Crippen LogP contribution in [0, 0.1) is 0 Å². The summed E-state index contributed by atoms with van der Waals surface area (Å²) < 4.78 is 124. The lowest BCUT2D eigenvalue weighted by Crippen LogP contribution is -2.47. The molecule has 0 unspecified atom stereocenters. The van der Waals surface area contributed by atoms with Gasteiger partial charge in [0.05, 0.1) is 0 Å². The van der Waals surface area contributed by atoms with Gasteiger partial charge in [-0.05, 0) is 6.08 Å². The van der Waals surface area contributed by atoms with E-state index in [0.29, 0.717) is 0 Å². The lowest BCUT2D eigenvalue weighted by Gasteiger charge is -2.23. The average molecular weight is 379 g/mol. The fourth-order valence-corrected chi connectivity index (χ4v) is 1.13. The van der Waals surface area contributed by atoms with Gasteiger partial charge < -0.3 is 9.64 Å². The minimum atomic E-state index is -5.44. The van der Waals surface area contributed by atoms with Crippen LogP contribution in [0.1, 0.15) is 0 Å². The largest absolute Gasteiger partial charge is 0.454 e. The van der Waals surface area contributed by atoms with E-state index in [1.54, 1.807) is 0 Å². The van der Waals surface area contributed by atoms with Crippen molar-refractivity contribution in [1.29, 1.82) is 0 Å². The maximum Gasteiger partial charge on any atom is 0.442 e. The van der Waals surface area contributed by atoms with E-state index in [0.717, 1.165) is 0 Å². The first-order valence-electron chi connectivity index (χ1n) is 5.55. The lowest BCUT2D eigenvalue weighted by molar-refractivity contribution is -0.191. The number of allylic oxidation sites excluding steroid dienone is 1. The second-order valence-electron chi connectivity index (χ2n) is 4.04. The first-order chi connectivity index (χ1) is 10.5. The number of amides is 1. The quantitative estimate of drug-likeness (QED) is 0.429. The summed E-state index contributed by atoms with van der Waals surface area (Å²) in [4.78, 5) is 21.2. The molecule has 24 heavy (non-hydrogen) atoms. The summed E-state index contributed by atoms with van der Waals surface area (Å²) in [5.74, 6) is -7.44. The minimum Gasteiger partial charge on any atom is -0.454 e. The third kappa shape index (κ3) is 9.19. The maximum atomic E-state index is 12.3. The molecule has 0 saturated carbocycles. The van der Waals surface area contributed by atoms with Gasteiger partial charge in [-0.3, -0.25) is 4.79 Å². The van der Waals surface area contributed by atoms with E-state index in [1.165, 1.54) is 0 Å². The van der Waals surface area contributed by atoms with Crippen LogP contribution >= 0.6 is 0 Å². The second kappa shape index (κ2) is 7.70. The molecule has 140 valence electrons. The minimum absolute atomic E-state index is 0.372. The first-order valence-corrected chi connectivity index (χ1v) is 5.55. The Labute approximate surface area is 126 Å². The van der Waals surface area contributed by atoms with Crippen molar-refractivity contribution in [2.75, 3.05) is 19.7 Å². The monoisotopic (exact) mass is 379 g/mol. The van der Waals surface area contributed by atoms with E-state index in [1.807, 2.05) is 0 Å². The maximum absolute atomic E-state index is 12.3. The van der Waals surface area contributed by atoms with Gasteiger partial charge in [-0.1, -0.05) is 0 Å². The van der Waals surface area contributed by atoms with Crippen molar-refractivity contribution < 1.29 is 58.2 Å². The standard InChI is InChI=1S/C10H7F10NO3/c11-5(10(18,19)20)1-2-24-7(23)6(22)21(3-8(12,13)14)4-9(15,16)17/h1H,2-4H2/b5-1-. The number of nitrogens with zero attached hydrogens (tertiary/aromatic N) is 1. The summed E-state index contributed by atoms with van der Waals surface area (Å²) in [7, 11) is 0. The van der Waals surface area contributed by atoms with Gasteiger partial charge in [0, 0.05) is 0 Å². The van der Waals surface area contributed by atoms with Crippen LogP contribution in [0.3, 0.4) is 0 Å². The highest BCUT2D eigenvalue weighted by atomic mass is 19.4. The molecule has 0 aliphatic carbocycles. The number of hydrogen-bond donors (Lipinski definition) is 0. The van der Waals surface area contributed by atoms with Crippen molar-refractivity contribution in [1.82, 2.24) is 4.90 Å². The van der Waals surface area contributed by atoms with Gasteiger partial charge in [-0.25, -0.2) is 9.18 Å². The zero-order valence-corrected chi connectivity index (χ0v) is 11.2. The molecular formula is C10H7F10NO3. The van der Waals surface area contributed by atoms with Crippen LogP contribution in [0.5, 0.6) is 0 Å². The number of alkyl halides is 9. The van der Waals surface area contributed by atoms with Crippen LogP contribution in [0.4, 0.5) is 43.9 Å². The number of carbonyl (C=O) groups is 2. The van der Waals surface area contributed by atoms with Gasteiger partial charge in [0.1, 0.15) is 19.7 Å². The topological polar surface area (TPSA) is 46.6 Å². The van der Waals surface area contributed by atoms with E-state index in [-0.39, 0.29) is 6.08 Å². The molecule has 0 bridgehead atoms. The molecule has 0 saturated heterocycles. The molecular weight excluding hydrogens is 372 g/mol. The summed E-state index contributed by atoms with van der Waals surface area (Å²) in [5, 5.41) is 0. The van der Waals surface area contributed by atoms with Crippen LogP contribution < -0.4 is 0 Å². The van der Waals surface area contributed by atoms with Crippen LogP contribution in [0.25, 0.3) is 0 Å². The Balaban J connectivity index is 4.93. The zero-order valence-electron chi connectivity index (χ0n) is 11.2. The molecule has 0 fully saturated rings. The zero-order chi connectivity index (χ0) is 19.3. The second-order valence-corrected chi connectivity index (χ2v) is 4.04. The number of halogens is 10. The Kier molecular flexibility index (Phi) is 7.05. The van der Waals surface area contributed by atoms with Gasteiger partial charge in [0.15, 0.2) is 0 Å². The Morgan fingerprint density at radius 1 is 0.875 bits per heavy atom. The molecule has 0 aromatic carbocycles. The predicted octanol–water partition coefficient (Wildman–Crippen LogP) is 2.90. The van der Waals surface area contributed by atoms with E-state index in [4.69, 9.17) is 0 Å². The van der Waals surface area contributed by atoms with E-state index in [9.17, 15) is 53.5 Å². The molecule has 0 aromatic heterocycles. The molecule has 0 radical (unpaired) electrons. The lowest BCUT2D eigenvalue weighted by atomic mass is 10.4. The number of carbonyl (C=O) groups excluding carboxylic acids is 2. The number of rotatable bonds is 4. The fraction of sp³-hybridized carbons (Fsp3) is 0.600. The molecule has 0 aromatic rings. The molecule has 0 atom stereocenters. The molecule has 1 amide bonds. The summed E-state index contributed by atoms with van der Waals surface area (Å²) in [6.45, 7) is -6.43. The highest BCUT2D eigenvalue weighted by molar-refractivity contribution is 6.32. The number of hydrogen-bond acceptors (Lipinski definition) is 3. The predicted molar refractivity (Wildman–Crippen MR) is 54.9 cm³/mol. The molecule has 0 aliphatic heterocycles.